The summed E-state index contributed by atoms with van der Waals surface area (Å²) in [6, 6.07) is 5.53. The first-order valence-corrected chi connectivity index (χ1v) is 9.82. The van der Waals surface area contributed by atoms with Gasteiger partial charge in [0.1, 0.15) is 11.0 Å². The molecule has 3 N–H and O–H groups in total. The summed E-state index contributed by atoms with van der Waals surface area (Å²) >= 11 is 0. The molecule has 0 bridgehead atoms. The van der Waals surface area contributed by atoms with Gasteiger partial charge in [0.05, 0.1) is 23.0 Å². The van der Waals surface area contributed by atoms with Crippen molar-refractivity contribution in [2.75, 3.05) is 11.3 Å². The molecule has 27 heavy (non-hydrogen) atoms. The molecule has 142 valence electrons. The Morgan fingerprint density at radius 2 is 2.15 bits per heavy atom. The first kappa shape index (κ1) is 18.9. The van der Waals surface area contributed by atoms with Crippen molar-refractivity contribution in [2.45, 2.75) is 32.2 Å². The smallest absolute Gasteiger partial charge is 0.265 e. The lowest BCUT2D eigenvalue weighted by molar-refractivity contribution is 0.136. The molecule has 0 unspecified atom stereocenters. The monoisotopic (exact) mass is 387 g/mol. The predicted molar refractivity (Wildman–Crippen MR) is 102 cm³/mol. The van der Waals surface area contributed by atoms with Gasteiger partial charge in [0, 0.05) is 36.3 Å². The van der Waals surface area contributed by atoms with Crippen molar-refractivity contribution in [3.05, 3.63) is 41.9 Å². The van der Waals surface area contributed by atoms with Crippen LogP contribution in [0.4, 0.5) is 5.69 Å². The van der Waals surface area contributed by atoms with E-state index in [0.717, 1.165) is 5.56 Å². The van der Waals surface area contributed by atoms with Crippen molar-refractivity contribution >= 4 is 26.6 Å². The van der Waals surface area contributed by atoms with Gasteiger partial charge in [-0.15, -0.1) is 0 Å². The van der Waals surface area contributed by atoms with E-state index < -0.39 is 15.4 Å². The summed E-state index contributed by atoms with van der Waals surface area (Å²) in [6.45, 7) is 5.94. The van der Waals surface area contributed by atoms with E-state index in [0.29, 0.717) is 28.7 Å². The number of nitrogens with one attached hydrogen (secondary N) is 2. The summed E-state index contributed by atoms with van der Waals surface area (Å²) in [6.07, 6.45) is 4.27. The Kier molecular flexibility index (Phi) is 4.71. The van der Waals surface area contributed by atoms with E-state index in [1.165, 1.54) is 17.1 Å². The number of hydrogen-bond acceptors (Lipinski definition) is 5. The Balaban J connectivity index is 1.93. The highest BCUT2D eigenvalue weighted by molar-refractivity contribution is 7.92. The van der Waals surface area contributed by atoms with Crippen LogP contribution in [0.5, 0.6) is 0 Å². The SMILES string of the molecule is Cc1ccc(NS(=O)(=O)c2cnn(CC(C)(C)CO)c2)c2[nH]cc(C#N)c12. The Labute approximate surface area is 157 Å². The van der Waals surface area contributed by atoms with Gasteiger partial charge < -0.3 is 10.1 Å². The highest BCUT2D eigenvalue weighted by Gasteiger charge is 2.22. The highest BCUT2D eigenvalue weighted by Crippen LogP contribution is 2.30. The molecule has 0 fully saturated rings. The molecule has 2 aromatic heterocycles. The molecular weight excluding hydrogens is 366 g/mol. The standard InChI is InChI=1S/C18H21N5O3S/c1-12-4-5-15(17-16(12)13(6-19)7-20-17)22-27(25,26)14-8-21-23(9-14)10-18(2,3)11-24/h4-5,7-9,20,22,24H,10-11H2,1-3H3. The molecule has 3 rings (SSSR count). The van der Waals surface area contributed by atoms with Crippen molar-refractivity contribution in [1.82, 2.24) is 14.8 Å². The van der Waals surface area contributed by atoms with Gasteiger partial charge >= 0.3 is 0 Å². The number of hydrogen-bond donors (Lipinski definition) is 3. The lowest BCUT2D eigenvalue weighted by atomic mass is 9.95. The molecule has 0 radical (unpaired) electrons. The summed E-state index contributed by atoms with van der Waals surface area (Å²) in [5.41, 5.74) is 1.85. The zero-order chi connectivity index (χ0) is 19.8. The number of nitriles is 1. The van der Waals surface area contributed by atoms with Crippen LogP contribution in [-0.2, 0) is 16.6 Å². The third-order valence-electron chi connectivity index (χ3n) is 4.35. The molecule has 9 heteroatoms. The summed E-state index contributed by atoms with van der Waals surface area (Å²) < 4.78 is 29.6. The number of fused-ring (bicyclic) bond motifs is 1. The zero-order valence-corrected chi connectivity index (χ0v) is 16.1. The number of aliphatic hydroxyl groups excluding tert-OH is 1. The van der Waals surface area contributed by atoms with Crippen LogP contribution in [0.15, 0.2) is 35.6 Å². The maximum Gasteiger partial charge on any atom is 0.265 e. The zero-order valence-electron chi connectivity index (χ0n) is 15.3. The topological polar surface area (TPSA) is 124 Å². The molecule has 3 aromatic rings. The highest BCUT2D eigenvalue weighted by atomic mass is 32.2. The van der Waals surface area contributed by atoms with Crippen LogP contribution in [-0.4, -0.2) is 34.9 Å². The second kappa shape index (κ2) is 6.72. The molecular formula is C18H21N5O3S. The van der Waals surface area contributed by atoms with E-state index in [-0.39, 0.29) is 11.5 Å². The fraction of sp³-hybridized carbons (Fsp3) is 0.333. The molecule has 2 heterocycles. The number of H-pyrrole nitrogens is 1. The quantitative estimate of drug-likeness (QED) is 0.599. The largest absolute Gasteiger partial charge is 0.396 e. The normalized spacial score (nSPS) is 12.3. The van der Waals surface area contributed by atoms with Crippen LogP contribution in [0.25, 0.3) is 10.9 Å². The molecule has 0 saturated heterocycles. The van der Waals surface area contributed by atoms with E-state index in [1.54, 1.807) is 18.3 Å². The molecule has 0 aliphatic carbocycles. The maximum absolute atomic E-state index is 12.8. The van der Waals surface area contributed by atoms with E-state index in [2.05, 4.69) is 20.9 Å². The number of benzene rings is 1. The van der Waals surface area contributed by atoms with Gasteiger partial charge in [-0.2, -0.15) is 10.4 Å². The number of nitrogens with zero attached hydrogens (tertiary/aromatic N) is 3. The minimum atomic E-state index is -3.86. The van der Waals surface area contributed by atoms with Crippen LogP contribution >= 0.6 is 0 Å². The van der Waals surface area contributed by atoms with Gasteiger partial charge in [-0.1, -0.05) is 19.9 Å². The van der Waals surface area contributed by atoms with E-state index >= 15 is 0 Å². The third kappa shape index (κ3) is 3.67. The first-order chi connectivity index (χ1) is 12.7. The Morgan fingerprint density at radius 3 is 2.81 bits per heavy atom. The van der Waals surface area contributed by atoms with Gasteiger partial charge in [-0.3, -0.25) is 9.40 Å². The van der Waals surface area contributed by atoms with Crippen molar-refractivity contribution in [1.29, 1.82) is 5.26 Å². The van der Waals surface area contributed by atoms with Gasteiger partial charge in [-0.05, 0) is 18.6 Å². The molecule has 0 amide bonds. The third-order valence-corrected chi connectivity index (χ3v) is 5.67. The number of sulfonamides is 1. The fourth-order valence-electron chi connectivity index (χ4n) is 2.86. The van der Waals surface area contributed by atoms with E-state index in [4.69, 9.17) is 0 Å². The second-order valence-corrected chi connectivity index (χ2v) is 8.98. The summed E-state index contributed by atoms with van der Waals surface area (Å²) in [5.74, 6) is 0. The van der Waals surface area contributed by atoms with Crippen LogP contribution in [0.1, 0.15) is 25.0 Å². The fourth-order valence-corrected chi connectivity index (χ4v) is 3.88. The number of aromatic amines is 1. The van der Waals surface area contributed by atoms with Gasteiger partial charge in [0.2, 0.25) is 0 Å². The first-order valence-electron chi connectivity index (χ1n) is 8.34. The van der Waals surface area contributed by atoms with Gasteiger partial charge in [0.15, 0.2) is 0 Å². The van der Waals surface area contributed by atoms with Crippen molar-refractivity contribution in [3.8, 4) is 6.07 Å². The number of aliphatic hydroxyl groups is 1. The minimum Gasteiger partial charge on any atom is -0.396 e. The van der Waals surface area contributed by atoms with Crippen molar-refractivity contribution < 1.29 is 13.5 Å². The molecule has 0 aliphatic heterocycles. The molecule has 1 aromatic carbocycles. The van der Waals surface area contributed by atoms with Gasteiger partial charge in [-0.25, -0.2) is 8.42 Å². The Hall–Kier alpha value is -2.83. The lowest BCUT2D eigenvalue weighted by Crippen LogP contribution is -2.24. The van der Waals surface area contributed by atoms with E-state index in [9.17, 15) is 18.8 Å². The molecule has 0 spiro atoms. The molecule has 8 nitrogen and oxygen atoms in total. The van der Waals surface area contributed by atoms with Crippen molar-refractivity contribution in [3.63, 3.8) is 0 Å². The number of anilines is 1. The lowest BCUT2D eigenvalue weighted by Gasteiger charge is -2.20. The van der Waals surface area contributed by atoms with E-state index in [1.807, 2.05) is 20.8 Å². The average Bonchev–Trinajstić information content (AvgIpc) is 3.24. The number of rotatable bonds is 6. The van der Waals surface area contributed by atoms with Crippen LogP contribution in [0, 0.1) is 23.7 Å². The van der Waals surface area contributed by atoms with Crippen LogP contribution in [0.3, 0.4) is 0 Å². The minimum absolute atomic E-state index is 0.0250. The number of aryl methyl sites for hydroxylation is 1. The van der Waals surface area contributed by atoms with Crippen molar-refractivity contribution in [2.24, 2.45) is 5.41 Å². The second-order valence-electron chi connectivity index (χ2n) is 7.30. The maximum atomic E-state index is 12.8. The molecule has 0 aliphatic rings. The Morgan fingerprint density at radius 1 is 1.41 bits per heavy atom. The average molecular weight is 387 g/mol. The predicted octanol–water partition coefficient (Wildman–Crippen LogP) is 2.36. The van der Waals surface area contributed by atoms with Crippen LogP contribution < -0.4 is 4.72 Å². The number of aromatic nitrogens is 3. The summed E-state index contributed by atoms with van der Waals surface area (Å²) in [5, 5.41) is 23.4. The van der Waals surface area contributed by atoms with Crippen LogP contribution in [0.2, 0.25) is 0 Å². The summed E-state index contributed by atoms with van der Waals surface area (Å²) in [7, 11) is -3.86. The Bertz CT molecular complexity index is 1140. The summed E-state index contributed by atoms with van der Waals surface area (Å²) in [4.78, 5) is 2.99. The molecule has 0 saturated carbocycles. The van der Waals surface area contributed by atoms with Gasteiger partial charge in [0.25, 0.3) is 10.0 Å². The molecule has 0 atom stereocenters.